The van der Waals surface area contributed by atoms with Gasteiger partial charge in [-0.25, -0.2) is 0 Å². The smallest absolute Gasteiger partial charge is 0.242 e. The second-order valence-corrected chi connectivity index (χ2v) is 7.60. The zero-order chi connectivity index (χ0) is 20.7. The van der Waals surface area contributed by atoms with E-state index in [1.165, 1.54) is 11.1 Å². The van der Waals surface area contributed by atoms with Crippen molar-refractivity contribution in [2.24, 2.45) is 0 Å². The van der Waals surface area contributed by atoms with Gasteiger partial charge in [0.05, 0.1) is 6.42 Å². The van der Waals surface area contributed by atoms with E-state index in [4.69, 9.17) is 0 Å². The van der Waals surface area contributed by atoms with Crippen molar-refractivity contribution in [3.63, 3.8) is 0 Å². The van der Waals surface area contributed by atoms with Gasteiger partial charge in [-0.1, -0.05) is 55.5 Å². The van der Waals surface area contributed by atoms with Crippen LogP contribution in [0, 0.1) is 13.8 Å². The fraction of sp³-hybridized carbons (Fsp3) is 0.417. The third kappa shape index (κ3) is 5.95. The van der Waals surface area contributed by atoms with Crippen LogP contribution in [0.25, 0.3) is 0 Å². The molecule has 0 radical (unpaired) electrons. The Labute approximate surface area is 169 Å². The predicted molar refractivity (Wildman–Crippen MR) is 114 cm³/mol. The number of hydrogen-bond acceptors (Lipinski definition) is 2. The molecular formula is C24H32N2O2. The first-order chi connectivity index (χ1) is 13.3. The maximum Gasteiger partial charge on any atom is 0.242 e. The van der Waals surface area contributed by atoms with E-state index < -0.39 is 6.04 Å². The van der Waals surface area contributed by atoms with E-state index in [2.05, 4.69) is 18.3 Å². The van der Waals surface area contributed by atoms with Gasteiger partial charge in [0.25, 0.3) is 0 Å². The molecule has 2 aromatic carbocycles. The molecule has 0 heterocycles. The molecule has 2 aromatic rings. The fourth-order valence-corrected chi connectivity index (χ4v) is 3.02. The molecule has 0 saturated heterocycles. The second-order valence-electron chi connectivity index (χ2n) is 7.60. The minimum absolute atomic E-state index is 0.0427. The molecule has 0 aliphatic carbocycles. The van der Waals surface area contributed by atoms with E-state index in [9.17, 15) is 9.59 Å². The molecule has 0 unspecified atom stereocenters. The van der Waals surface area contributed by atoms with Crippen LogP contribution in [-0.2, 0) is 22.6 Å². The topological polar surface area (TPSA) is 49.4 Å². The summed E-state index contributed by atoms with van der Waals surface area (Å²) in [6.45, 7) is 10.3. The lowest BCUT2D eigenvalue weighted by atomic mass is 10.0. The minimum Gasteiger partial charge on any atom is -0.352 e. The summed E-state index contributed by atoms with van der Waals surface area (Å²) in [4.78, 5) is 27.5. The maximum absolute atomic E-state index is 13.2. The molecule has 0 spiro atoms. The van der Waals surface area contributed by atoms with Gasteiger partial charge in [-0.3, -0.25) is 9.59 Å². The van der Waals surface area contributed by atoms with Gasteiger partial charge in [-0.2, -0.15) is 0 Å². The van der Waals surface area contributed by atoms with Crippen LogP contribution in [-0.4, -0.2) is 28.8 Å². The highest BCUT2D eigenvalue weighted by molar-refractivity contribution is 5.88. The zero-order valence-electron chi connectivity index (χ0n) is 17.7. The number of rotatable bonds is 8. The molecule has 0 aliphatic rings. The van der Waals surface area contributed by atoms with Gasteiger partial charge in [0.2, 0.25) is 11.8 Å². The maximum atomic E-state index is 13.2. The van der Waals surface area contributed by atoms with E-state index in [1.54, 1.807) is 11.8 Å². The first-order valence-electron chi connectivity index (χ1n) is 10.0. The molecular weight excluding hydrogens is 348 g/mol. The summed E-state index contributed by atoms with van der Waals surface area (Å²) in [6.07, 6.45) is 1.14. The Morgan fingerprint density at radius 3 is 2.25 bits per heavy atom. The number of carbonyl (C=O) groups is 2. The summed E-state index contributed by atoms with van der Waals surface area (Å²) in [5.74, 6) is -0.155. The minimum atomic E-state index is -0.534. The number of benzene rings is 2. The van der Waals surface area contributed by atoms with Crippen molar-refractivity contribution in [3.05, 3.63) is 70.8 Å². The molecule has 2 rings (SSSR count). The lowest BCUT2D eigenvalue weighted by Gasteiger charge is -2.30. The van der Waals surface area contributed by atoms with Crippen LogP contribution in [0.4, 0.5) is 0 Å². The monoisotopic (exact) mass is 380 g/mol. The highest BCUT2D eigenvalue weighted by Crippen LogP contribution is 2.15. The third-order valence-corrected chi connectivity index (χ3v) is 5.29. The highest BCUT2D eigenvalue weighted by atomic mass is 16.2. The highest BCUT2D eigenvalue weighted by Gasteiger charge is 2.26. The van der Waals surface area contributed by atoms with Gasteiger partial charge >= 0.3 is 0 Å². The summed E-state index contributed by atoms with van der Waals surface area (Å²) >= 11 is 0. The first-order valence-corrected chi connectivity index (χ1v) is 10.0. The van der Waals surface area contributed by atoms with Gasteiger partial charge in [0.15, 0.2) is 0 Å². The molecule has 0 bridgehead atoms. The molecule has 1 N–H and O–H groups in total. The lowest BCUT2D eigenvalue weighted by Crippen LogP contribution is -2.49. The van der Waals surface area contributed by atoms with Crippen molar-refractivity contribution >= 4 is 11.8 Å². The van der Waals surface area contributed by atoms with Crippen molar-refractivity contribution < 1.29 is 9.59 Å². The summed E-state index contributed by atoms with van der Waals surface area (Å²) in [6, 6.07) is 15.4. The number of nitrogens with one attached hydrogen (secondary N) is 1. The van der Waals surface area contributed by atoms with Crippen LogP contribution in [0.2, 0.25) is 0 Å². The standard InChI is InChI=1S/C24H32N2O2/c1-6-19(4)25-24(28)20(5)26(16-21-10-8-7-9-11-21)23(27)15-22-13-12-17(2)18(3)14-22/h7-14,19-20H,6,15-16H2,1-5H3,(H,25,28)/t19-,20+/m0/s1. The van der Waals surface area contributed by atoms with Crippen molar-refractivity contribution in [3.8, 4) is 0 Å². The number of aryl methyl sites for hydroxylation is 2. The molecule has 0 fully saturated rings. The van der Waals surface area contributed by atoms with Crippen LogP contribution >= 0.6 is 0 Å². The Morgan fingerprint density at radius 1 is 0.964 bits per heavy atom. The van der Waals surface area contributed by atoms with Gasteiger partial charge < -0.3 is 10.2 Å². The second kappa shape index (κ2) is 10.1. The Hall–Kier alpha value is -2.62. The zero-order valence-corrected chi connectivity index (χ0v) is 17.7. The summed E-state index contributed by atoms with van der Waals surface area (Å²) in [7, 11) is 0. The van der Waals surface area contributed by atoms with E-state index in [0.717, 1.165) is 17.5 Å². The third-order valence-electron chi connectivity index (χ3n) is 5.29. The number of amides is 2. The van der Waals surface area contributed by atoms with Gasteiger partial charge in [-0.15, -0.1) is 0 Å². The fourth-order valence-electron chi connectivity index (χ4n) is 3.02. The Bertz CT molecular complexity index is 802. The summed E-state index contributed by atoms with van der Waals surface area (Å²) < 4.78 is 0. The van der Waals surface area contributed by atoms with Gasteiger partial charge in [-0.05, 0) is 56.4 Å². The van der Waals surface area contributed by atoms with Crippen LogP contribution in [0.5, 0.6) is 0 Å². The van der Waals surface area contributed by atoms with E-state index in [0.29, 0.717) is 6.54 Å². The van der Waals surface area contributed by atoms with Crippen molar-refractivity contribution in [2.45, 2.75) is 66.1 Å². The quantitative estimate of drug-likeness (QED) is 0.747. The predicted octanol–water partition coefficient (Wildman–Crippen LogP) is 4.18. The Morgan fingerprint density at radius 2 is 1.64 bits per heavy atom. The van der Waals surface area contributed by atoms with Gasteiger partial charge in [0.1, 0.15) is 6.04 Å². The van der Waals surface area contributed by atoms with Crippen LogP contribution in [0.1, 0.15) is 49.4 Å². The normalized spacial score (nSPS) is 12.9. The SMILES string of the molecule is CC[C@H](C)NC(=O)[C@@H](C)N(Cc1ccccc1)C(=O)Cc1ccc(C)c(C)c1. The molecule has 150 valence electrons. The molecule has 4 nitrogen and oxygen atoms in total. The van der Waals surface area contributed by atoms with Crippen LogP contribution in [0.15, 0.2) is 48.5 Å². The summed E-state index contributed by atoms with van der Waals surface area (Å²) in [5, 5.41) is 3.00. The molecule has 2 amide bonds. The van der Waals surface area contributed by atoms with Crippen LogP contribution < -0.4 is 5.32 Å². The molecule has 2 atom stereocenters. The van der Waals surface area contributed by atoms with Crippen LogP contribution in [0.3, 0.4) is 0 Å². The van der Waals surface area contributed by atoms with Gasteiger partial charge in [0, 0.05) is 12.6 Å². The average Bonchev–Trinajstić information content (AvgIpc) is 2.69. The summed E-state index contributed by atoms with van der Waals surface area (Å²) in [5.41, 5.74) is 4.36. The van der Waals surface area contributed by atoms with Crippen molar-refractivity contribution in [2.75, 3.05) is 0 Å². The molecule has 0 aromatic heterocycles. The Kier molecular flexibility index (Phi) is 7.80. The van der Waals surface area contributed by atoms with E-state index in [-0.39, 0.29) is 24.3 Å². The first kappa shape index (κ1) is 21.7. The van der Waals surface area contributed by atoms with Crippen molar-refractivity contribution in [1.82, 2.24) is 10.2 Å². The number of hydrogen-bond donors (Lipinski definition) is 1. The number of carbonyl (C=O) groups excluding carboxylic acids is 2. The van der Waals surface area contributed by atoms with E-state index in [1.807, 2.05) is 63.2 Å². The molecule has 4 heteroatoms. The van der Waals surface area contributed by atoms with E-state index >= 15 is 0 Å². The average molecular weight is 381 g/mol. The molecule has 0 saturated carbocycles. The van der Waals surface area contributed by atoms with Crippen molar-refractivity contribution in [1.29, 1.82) is 0 Å². The molecule has 0 aliphatic heterocycles. The largest absolute Gasteiger partial charge is 0.352 e. The Balaban J connectivity index is 2.21. The lowest BCUT2D eigenvalue weighted by molar-refractivity contribution is -0.140. The molecule has 28 heavy (non-hydrogen) atoms. The number of nitrogens with zero attached hydrogens (tertiary/aromatic N) is 1.